The van der Waals surface area contributed by atoms with Crippen molar-refractivity contribution in [2.45, 2.75) is 13.8 Å². The Morgan fingerprint density at radius 3 is 2.12 bits per heavy atom. The quantitative estimate of drug-likeness (QED) is 0.321. The summed E-state index contributed by atoms with van der Waals surface area (Å²) in [4.78, 5) is 0.700. The molecule has 0 aromatic carbocycles. The summed E-state index contributed by atoms with van der Waals surface area (Å²) in [6.45, 7) is 4.18. The average Bonchev–Trinajstić information content (AvgIpc) is 2.34. The zero-order chi connectivity index (χ0) is 13.3. The van der Waals surface area contributed by atoms with Gasteiger partial charge < -0.3 is 16.1 Å². The van der Waals surface area contributed by atoms with Crippen LogP contribution in [0.1, 0.15) is 13.8 Å². The van der Waals surface area contributed by atoms with Crippen LogP contribution in [-0.2, 0) is 0 Å². The molecular formula is C9H18N6S2. The Balaban J connectivity index is 4.19. The van der Waals surface area contributed by atoms with E-state index in [0.717, 1.165) is 11.4 Å². The molecule has 0 heterocycles. The third-order valence-electron chi connectivity index (χ3n) is 1.84. The van der Waals surface area contributed by atoms with Crippen LogP contribution in [0.25, 0.3) is 0 Å². The molecule has 0 aliphatic carbocycles. The average molecular weight is 274 g/mol. The molecular weight excluding hydrogens is 256 g/mol. The number of hydrogen-bond donors (Lipinski definition) is 4. The van der Waals surface area contributed by atoms with Crippen molar-refractivity contribution in [1.82, 2.24) is 21.5 Å². The molecule has 0 amide bonds. The van der Waals surface area contributed by atoms with Crippen molar-refractivity contribution in [3.8, 4) is 0 Å². The predicted molar refractivity (Wildman–Crippen MR) is 80.7 cm³/mol. The molecule has 6 nitrogen and oxygen atoms in total. The molecule has 0 aliphatic rings. The normalized spacial score (nSPS) is 11.8. The summed E-state index contributed by atoms with van der Waals surface area (Å²) in [6, 6.07) is 0. The Morgan fingerprint density at radius 1 is 1.00 bits per heavy atom. The van der Waals surface area contributed by atoms with Crippen molar-refractivity contribution in [2.24, 2.45) is 10.2 Å². The van der Waals surface area contributed by atoms with E-state index in [4.69, 9.17) is 24.4 Å². The van der Waals surface area contributed by atoms with Gasteiger partial charge in [0.2, 0.25) is 0 Å². The lowest BCUT2D eigenvalue weighted by Crippen LogP contribution is -2.30. The lowest BCUT2D eigenvalue weighted by molar-refractivity contribution is 0.838. The summed E-state index contributed by atoms with van der Waals surface area (Å²) in [5.41, 5.74) is 7.03. The molecule has 0 aromatic heterocycles. The molecule has 0 saturated carbocycles. The lowest BCUT2D eigenvalue weighted by Gasteiger charge is -2.05. The van der Waals surface area contributed by atoms with Crippen molar-refractivity contribution in [1.29, 1.82) is 0 Å². The zero-order valence-electron chi connectivity index (χ0n) is 10.4. The molecule has 0 aromatic rings. The van der Waals surface area contributed by atoms with Crippen LogP contribution in [0.5, 0.6) is 0 Å². The van der Waals surface area contributed by atoms with Gasteiger partial charge in [0.05, 0.1) is 23.0 Å². The Labute approximate surface area is 112 Å². The van der Waals surface area contributed by atoms with Crippen LogP contribution in [0.2, 0.25) is 0 Å². The van der Waals surface area contributed by atoms with E-state index in [1.165, 1.54) is 0 Å². The first kappa shape index (κ1) is 15.7. The molecule has 0 fully saturated rings. The highest BCUT2D eigenvalue weighted by atomic mass is 32.1. The van der Waals surface area contributed by atoms with Crippen LogP contribution in [0.4, 0.5) is 0 Å². The minimum Gasteiger partial charge on any atom is -0.381 e. The number of nitrogens with one attached hydrogen (secondary N) is 4. The maximum absolute atomic E-state index is 4.96. The van der Waals surface area contributed by atoms with Crippen molar-refractivity contribution < 1.29 is 0 Å². The smallest absolute Gasteiger partial charge is 0.186 e. The number of nitrogens with zero attached hydrogens (tertiary/aromatic N) is 2. The van der Waals surface area contributed by atoms with E-state index in [0.29, 0.717) is 16.6 Å². The fraction of sp³-hybridized carbons (Fsp3) is 0.556. The summed E-state index contributed by atoms with van der Waals surface area (Å²) in [5.74, 6) is 0. The Hall–Kier alpha value is -1.28. The number of hydrogen-bond acceptors (Lipinski definition) is 5. The molecule has 0 bridgehead atoms. The van der Waals surface area contributed by atoms with E-state index < -0.39 is 0 Å². The second-order valence-electron chi connectivity index (χ2n) is 3.09. The highest BCUT2D eigenvalue weighted by molar-refractivity contribution is 7.80. The minimum atomic E-state index is 0.460. The van der Waals surface area contributed by atoms with Gasteiger partial charge in [-0.1, -0.05) is 12.2 Å². The van der Waals surface area contributed by atoms with E-state index in [9.17, 15) is 0 Å². The SMILES string of the molecule is CNC(=S)CN/N=C(C)\C(C)=N/NC(=S)NC. The summed E-state index contributed by atoms with van der Waals surface area (Å²) in [6.07, 6.45) is 0. The first-order valence-corrected chi connectivity index (χ1v) is 5.83. The van der Waals surface area contributed by atoms with Crippen molar-refractivity contribution >= 4 is 46.0 Å². The van der Waals surface area contributed by atoms with Gasteiger partial charge in [0.15, 0.2) is 5.11 Å². The van der Waals surface area contributed by atoms with Gasteiger partial charge in [0.1, 0.15) is 0 Å². The van der Waals surface area contributed by atoms with Gasteiger partial charge in [0, 0.05) is 14.1 Å². The fourth-order valence-electron chi connectivity index (χ4n) is 0.671. The van der Waals surface area contributed by atoms with Crippen LogP contribution in [-0.4, -0.2) is 42.2 Å². The van der Waals surface area contributed by atoms with Crippen LogP contribution in [0.15, 0.2) is 10.2 Å². The van der Waals surface area contributed by atoms with E-state index in [1.54, 1.807) is 14.1 Å². The summed E-state index contributed by atoms with van der Waals surface area (Å²) < 4.78 is 0. The molecule has 4 N–H and O–H groups in total. The first-order valence-electron chi connectivity index (χ1n) is 5.01. The van der Waals surface area contributed by atoms with Gasteiger partial charge in [-0.15, -0.1) is 0 Å². The number of likely N-dealkylation sites (N-methyl/N-ethyl adjacent to an activating group) is 1. The van der Waals surface area contributed by atoms with Gasteiger partial charge in [-0.05, 0) is 26.1 Å². The monoisotopic (exact) mass is 274 g/mol. The number of thiocarbonyl (C=S) groups is 2. The highest BCUT2D eigenvalue weighted by Crippen LogP contribution is 1.82. The van der Waals surface area contributed by atoms with E-state index >= 15 is 0 Å². The van der Waals surface area contributed by atoms with Crippen LogP contribution < -0.4 is 21.5 Å². The van der Waals surface area contributed by atoms with E-state index in [1.807, 2.05) is 13.8 Å². The first-order chi connectivity index (χ1) is 8.01. The Bertz CT molecular complexity index is 336. The molecule has 0 spiro atoms. The standard InChI is InChI=1S/C9H18N6S2/c1-6(13-12-5-8(16)10-3)7(2)14-15-9(17)11-4/h12H,5H2,1-4H3,(H,10,16)(H2,11,15,17)/b13-6-,14-7-. The molecule has 0 unspecified atom stereocenters. The van der Waals surface area contributed by atoms with Gasteiger partial charge in [-0.3, -0.25) is 5.43 Å². The summed E-state index contributed by atoms with van der Waals surface area (Å²) in [5, 5.41) is 14.2. The lowest BCUT2D eigenvalue weighted by atomic mass is 10.3. The van der Waals surface area contributed by atoms with Gasteiger partial charge >= 0.3 is 0 Å². The molecule has 0 atom stereocenters. The van der Waals surface area contributed by atoms with Gasteiger partial charge in [-0.2, -0.15) is 10.2 Å². The van der Waals surface area contributed by atoms with E-state index in [2.05, 4.69) is 31.7 Å². The third kappa shape index (κ3) is 7.58. The topological polar surface area (TPSA) is 72.8 Å². The molecule has 0 radical (unpaired) electrons. The molecule has 0 aliphatic heterocycles. The fourth-order valence-corrected chi connectivity index (χ4v) is 0.781. The number of rotatable bonds is 5. The van der Waals surface area contributed by atoms with Crippen LogP contribution in [0.3, 0.4) is 0 Å². The van der Waals surface area contributed by atoms with E-state index in [-0.39, 0.29) is 0 Å². The third-order valence-corrected chi connectivity index (χ3v) is 2.48. The zero-order valence-corrected chi connectivity index (χ0v) is 12.1. The largest absolute Gasteiger partial charge is 0.381 e. The number of hydrazone groups is 2. The molecule has 8 heteroatoms. The molecule has 96 valence electrons. The Kier molecular flexibility index (Phi) is 8.16. The summed E-state index contributed by atoms with van der Waals surface area (Å²) in [7, 11) is 3.50. The highest BCUT2D eigenvalue weighted by Gasteiger charge is 1.97. The van der Waals surface area contributed by atoms with Crippen LogP contribution >= 0.6 is 24.4 Å². The van der Waals surface area contributed by atoms with Gasteiger partial charge in [-0.25, -0.2) is 0 Å². The Morgan fingerprint density at radius 2 is 1.59 bits per heavy atom. The molecule has 17 heavy (non-hydrogen) atoms. The van der Waals surface area contributed by atoms with Crippen molar-refractivity contribution in [2.75, 3.05) is 20.6 Å². The maximum atomic E-state index is 4.96. The summed E-state index contributed by atoms with van der Waals surface area (Å²) >= 11 is 9.85. The van der Waals surface area contributed by atoms with Crippen molar-refractivity contribution in [3.05, 3.63) is 0 Å². The molecule has 0 saturated heterocycles. The maximum Gasteiger partial charge on any atom is 0.186 e. The second-order valence-corrected chi connectivity index (χ2v) is 3.99. The van der Waals surface area contributed by atoms with Crippen LogP contribution in [0, 0.1) is 0 Å². The second kappa shape index (κ2) is 8.82. The van der Waals surface area contributed by atoms with Crippen molar-refractivity contribution in [3.63, 3.8) is 0 Å². The predicted octanol–water partition coefficient (Wildman–Crippen LogP) is -0.0315. The van der Waals surface area contributed by atoms with Gasteiger partial charge in [0.25, 0.3) is 0 Å². The molecule has 0 rings (SSSR count). The minimum absolute atomic E-state index is 0.460.